The Morgan fingerprint density at radius 1 is 1.19 bits per heavy atom. The summed E-state index contributed by atoms with van der Waals surface area (Å²) in [5, 5.41) is 10.8. The first-order valence-corrected chi connectivity index (χ1v) is 8.80. The molecule has 9 heteroatoms. The normalized spacial score (nSPS) is 16.0. The van der Waals surface area contributed by atoms with E-state index in [-0.39, 0.29) is 17.9 Å². The summed E-state index contributed by atoms with van der Waals surface area (Å²) in [7, 11) is 0. The van der Waals surface area contributed by atoms with Gasteiger partial charge in [-0.25, -0.2) is 4.79 Å². The Hall–Kier alpha value is -2.58. The van der Waals surface area contributed by atoms with E-state index in [2.05, 4.69) is 15.5 Å². The zero-order chi connectivity index (χ0) is 19.6. The van der Waals surface area contributed by atoms with Crippen LogP contribution >= 0.6 is 0 Å². The van der Waals surface area contributed by atoms with Crippen LogP contribution < -0.4 is 5.32 Å². The number of hydrogen-bond donors (Lipinski definition) is 1. The number of hydrogen-bond acceptors (Lipinski definition) is 4. The van der Waals surface area contributed by atoms with Gasteiger partial charge in [-0.3, -0.25) is 0 Å². The first-order chi connectivity index (χ1) is 12.7. The molecule has 1 aliphatic heterocycles. The third-order valence-corrected chi connectivity index (χ3v) is 4.55. The molecule has 2 amide bonds. The number of anilines is 1. The standard InChI is InChI=1S/C18H21F3N4O2/c1-11(2)15-23-24-16(27-15)12-7-9-25(10-8-12)17(26)22-14-5-3-13(4-6-14)18(19,20)21/h3-6,11-12H,7-10H2,1-2H3,(H,22,26). The Morgan fingerprint density at radius 3 is 2.33 bits per heavy atom. The number of aromatic nitrogens is 2. The van der Waals surface area contributed by atoms with Crippen LogP contribution in [0.5, 0.6) is 0 Å². The van der Waals surface area contributed by atoms with Crippen molar-refractivity contribution in [1.29, 1.82) is 0 Å². The van der Waals surface area contributed by atoms with Crippen LogP contribution in [0.4, 0.5) is 23.7 Å². The fraction of sp³-hybridized carbons (Fsp3) is 0.500. The van der Waals surface area contributed by atoms with Gasteiger partial charge in [0.2, 0.25) is 11.8 Å². The molecule has 6 nitrogen and oxygen atoms in total. The van der Waals surface area contributed by atoms with Crippen molar-refractivity contribution in [3.05, 3.63) is 41.6 Å². The van der Waals surface area contributed by atoms with E-state index in [1.807, 2.05) is 13.8 Å². The summed E-state index contributed by atoms with van der Waals surface area (Å²) in [5.74, 6) is 1.48. The molecular formula is C18H21F3N4O2. The molecule has 0 unspecified atom stereocenters. The van der Waals surface area contributed by atoms with Crippen LogP contribution in [0.3, 0.4) is 0 Å². The monoisotopic (exact) mass is 382 g/mol. The van der Waals surface area contributed by atoms with Crippen molar-refractivity contribution in [2.75, 3.05) is 18.4 Å². The topological polar surface area (TPSA) is 71.3 Å². The molecule has 1 aliphatic rings. The van der Waals surface area contributed by atoms with E-state index in [9.17, 15) is 18.0 Å². The lowest BCUT2D eigenvalue weighted by Crippen LogP contribution is -2.40. The average molecular weight is 382 g/mol. The Bertz CT molecular complexity index is 779. The Labute approximate surface area is 154 Å². The number of benzene rings is 1. The number of halogens is 3. The minimum absolute atomic E-state index is 0.111. The number of nitrogens with one attached hydrogen (secondary N) is 1. The van der Waals surface area contributed by atoms with E-state index in [0.29, 0.717) is 43.4 Å². The van der Waals surface area contributed by atoms with Crippen molar-refractivity contribution in [3.8, 4) is 0 Å². The van der Waals surface area contributed by atoms with Crippen LogP contribution in [0.25, 0.3) is 0 Å². The lowest BCUT2D eigenvalue weighted by atomic mass is 9.97. The number of piperidine rings is 1. The number of urea groups is 1. The summed E-state index contributed by atoms with van der Waals surface area (Å²) in [6, 6.07) is 4.06. The van der Waals surface area contributed by atoms with Gasteiger partial charge >= 0.3 is 12.2 Å². The zero-order valence-corrected chi connectivity index (χ0v) is 15.1. The molecule has 1 aromatic heterocycles. The van der Waals surface area contributed by atoms with Gasteiger partial charge in [-0.05, 0) is 37.1 Å². The number of carbonyl (C=O) groups is 1. The van der Waals surface area contributed by atoms with E-state index < -0.39 is 11.7 Å². The number of amides is 2. The van der Waals surface area contributed by atoms with Crippen molar-refractivity contribution in [1.82, 2.24) is 15.1 Å². The van der Waals surface area contributed by atoms with Gasteiger partial charge in [0.15, 0.2) is 0 Å². The second kappa shape index (κ2) is 7.58. The second-order valence-electron chi connectivity index (χ2n) is 6.90. The third-order valence-electron chi connectivity index (χ3n) is 4.55. The summed E-state index contributed by atoms with van der Waals surface area (Å²) in [5.41, 5.74) is -0.421. The summed E-state index contributed by atoms with van der Waals surface area (Å²) < 4.78 is 43.4. The van der Waals surface area contributed by atoms with E-state index in [1.54, 1.807) is 4.90 Å². The third kappa shape index (κ3) is 4.58. The smallest absolute Gasteiger partial charge is 0.416 e. The minimum atomic E-state index is -4.39. The number of rotatable bonds is 3. The lowest BCUT2D eigenvalue weighted by molar-refractivity contribution is -0.137. The van der Waals surface area contributed by atoms with Gasteiger partial charge in [-0.15, -0.1) is 10.2 Å². The van der Waals surface area contributed by atoms with Crippen LogP contribution in [-0.2, 0) is 6.18 Å². The maximum atomic E-state index is 12.6. The van der Waals surface area contributed by atoms with Gasteiger partial charge in [0, 0.05) is 30.6 Å². The molecule has 1 N–H and O–H groups in total. The Balaban J connectivity index is 1.53. The predicted octanol–water partition coefficient (Wildman–Crippen LogP) is 4.62. The fourth-order valence-corrected chi connectivity index (χ4v) is 2.92. The first-order valence-electron chi connectivity index (χ1n) is 8.80. The van der Waals surface area contributed by atoms with Crippen LogP contribution in [0.2, 0.25) is 0 Å². The van der Waals surface area contributed by atoms with Gasteiger partial charge < -0.3 is 14.6 Å². The van der Waals surface area contributed by atoms with E-state index >= 15 is 0 Å². The highest BCUT2D eigenvalue weighted by Crippen LogP contribution is 2.31. The fourth-order valence-electron chi connectivity index (χ4n) is 2.92. The average Bonchev–Trinajstić information content (AvgIpc) is 3.12. The number of nitrogens with zero attached hydrogens (tertiary/aromatic N) is 3. The lowest BCUT2D eigenvalue weighted by Gasteiger charge is -2.30. The minimum Gasteiger partial charge on any atom is -0.425 e. The number of likely N-dealkylation sites (tertiary alicyclic amines) is 1. The van der Waals surface area contributed by atoms with Gasteiger partial charge in [0.1, 0.15) is 0 Å². The first kappa shape index (κ1) is 19.2. The molecule has 27 heavy (non-hydrogen) atoms. The van der Waals surface area contributed by atoms with Gasteiger partial charge in [0.25, 0.3) is 0 Å². The largest absolute Gasteiger partial charge is 0.425 e. The molecule has 0 spiro atoms. The highest BCUT2D eigenvalue weighted by Gasteiger charge is 2.30. The molecule has 0 atom stereocenters. The van der Waals surface area contributed by atoms with Gasteiger partial charge in [0.05, 0.1) is 5.56 Å². The van der Waals surface area contributed by atoms with E-state index in [1.165, 1.54) is 12.1 Å². The molecule has 0 radical (unpaired) electrons. The Kier molecular flexibility index (Phi) is 5.38. The maximum Gasteiger partial charge on any atom is 0.416 e. The predicted molar refractivity (Wildman–Crippen MR) is 92.4 cm³/mol. The highest BCUT2D eigenvalue weighted by atomic mass is 19.4. The van der Waals surface area contributed by atoms with Crippen molar-refractivity contribution in [3.63, 3.8) is 0 Å². The van der Waals surface area contributed by atoms with Crippen molar-refractivity contribution >= 4 is 11.7 Å². The van der Waals surface area contributed by atoms with E-state index in [4.69, 9.17) is 4.42 Å². The molecule has 1 aromatic carbocycles. The van der Waals surface area contributed by atoms with Crippen LogP contribution in [0, 0.1) is 0 Å². The zero-order valence-electron chi connectivity index (χ0n) is 15.1. The number of alkyl halides is 3. The van der Waals surface area contributed by atoms with Crippen LogP contribution in [-0.4, -0.2) is 34.2 Å². The molecular weight excluding hydrogens is 361 g/mol. The van der Waals surface area contributed by atoms with Crippen molar-refractivity contribution in [2.24, 2.45) is 0 Å². The van der Waals surface area contributed by atoms with E-state index in [0.717, 1.165) is 12.1 Å². The molecule has 3 rings (SSSR count). The summed E-state index contributed by atoms with van der Waals surface area (Å²) in [6.45, 7) is 4.98. The number of carbonyl (C=O) groups excluding carboxylic acids is 1. The molecule has 146 valence electrons. The summed E-state index contributed by atoms with van der Waals surface area (Å²) in [6.07, 6.45) is -3.01. The molecule has 0 aliphatic carbocycles. The SMILES string of the molecule is CC(C)c1nnc(C2CCN(C(=O)Nc3ccc(C(F)(F)F)cc3)CC2)o1. The Morgan fingerprint density at radius 2 is 1.81 bits per heavy atom. The van der Waals surface area contributed by atoms with Crippen molar-refractivity contribution < 1.29 is 22.4 Å². The van der Waals surface area contributed by atoms with Crippen LogP contribution in [0.15, 0.2) is 28.7 Å². The van der Waals surface area contributed by atoms with Crippen molar-refractivity contribution in [2.45, 2.75) is 44.7 Å². The maximum absolute atomic E-state index is 12.6. The molecule has 2 aromatic rings. The molecule has 0 bridgehead atoms. The highest BCUT2D eigenvalue weighted by molar-refractivity contribution is 5.89. The molecule has 0 saturated carbocycles. The molecule has 1 saturated heterocycles. The second-order valence-corrected chi connectivity index (χ2v) is 6.90. The summed E-state index contributed by atoms with van der Waals surface area (Å²) >= 11 is 0. The molecule has 1 fully saturated rings. The molecule has 2 heterocycles. The van der Waals surface area contributed by atoms with Gasteiger partial charge in [-0.2, -0.15) is 13.2 Å². The van der Waals surface area contributed by atoms with Gasteiger partial charge in [-0.1, -0.05) is 13.8 Å². The summed E-state index contributed by atoms with van der Waals surface area (Å²) in [4.78, 5) is 14.0. The van der Waals surface area contributed by atoms with Crippen LogP contribution in [0.1, 0.15) is 55.9 Å². The quantitative estimate of drug-likeness (QED) is 0.841.